The van der Waals surface area contributed by atoms with Crippen molar-refractivity contribution in [3.8, 4) is 0 Å². The molecule has 1 aromatic rings. The standard InChI is InChI=1S/C6H6ClN3O.C2HF3O2/c1-8-6(11)4-2-3-5(7)10-9-4;3-2(4,5)1(6)7/h2-3H,1H3,(H,8,11);(H,6,7)/i1D3;. The van der Waals surface area contributed by atoms with E-state index in [-0.39, 0.29) is 10.8 Å². The molecule has 10 heteroatoms. The van der Waals surface area contributed by atoms with E-state index < -0.39 is 25.0 Å². The van der Waals surface area contributed by atoms with Crippen molar-refractivity contribution in [3.63, 3.8) is 0 Å². The maximum absolute atomic E-state index is 11.2. The van der Waals surface area contributed by atoms with Crippen molar-refractivity contribution in [1.29, 1.82) is 0 Å². The van der Waals surface area contributed by atoms with Gasteiger partial charge >= 0.3 is 12.1 Å². The van der Waals surface area contributed by atoms with E-state index in [0.717, 1.165) is 0 Å². The average molecular weight is 289 g/mol. The summed E-state index contributed by atoms with van der Waals surface area (Å²) in [5.74, 6) is -3.57. The molecule has 18 heavy (non-hydrogen) atoms. The maximum Gasteiger partial charge on any atom is 0.490 e. The van der Waals surface area contributed by atoms with Gasteiger partial charge in [0, 0.05) is 11.1 Å². The van der Waals surface area contributed by atoms with Crippen LogP contribution >= 0.6 is 11.6 Å². The van der Waals surface area contributed by atoms with Crippen molar-refractivity contribution >= 4 is 23.5 Å². The molecule has 0 bridgehead atoms. The van der Waals surface area contributed by atoms with E-state index in [4.69, 9.17) is 25.6 Å². The van der Waals surface area contributed by atoms with Crippen LogP contribution in [0.2, 0.25) is 5.15 Å². The summed E-state index contributed by atoms with van der Waals surface area (Å²) in [6.07, 6.45) is -5.08. The van der Waals surface area contributed by atoms with Crippen LogP contribution in [-0.2, 0) is 4.79 Å². The van der Waals surface area contributed by atoms with Crippen molar-refractivity contribution in [2.75, 3.05) is 6.98 Å². The van der Waals surface area contributed by atoms with Crippen molar-refractivity contribution in [1.82, 2.24) is 15.5 Å². The van der Waals surface area contributed by atoms with Crippen molar-refractivity contribution in [2.45, 2.75) is 6.18 Å². The Hall–Kier alpha value is -1.90. The van der Waals surface area contributed by atoms with Crippen molar-refractivity contribution < 1.29 is 32.0 Å². The van der Waals surface area contributed by atoms with E-state index in [9.17, 15) is 18.0 Å². The molecule has 0 aromatic carbocycles. The third-order valence-electron chi connectivity index (χ3n) is 1.22. The van der Waals surface area contributed by atoms with Crippen LogP contribution in [-0.4, -0.2) is 40.3 Å². The zero-order chi connectivity index (χ0) is 16.8. The summed E-state index contributed by atoms with van der Waals surface area (Å²) < 4.78 is 52.1. The number of carbonyl (C=O) groups is 2. The number of carbonyl (C=O) groups excluding carboxylic acids is 1. The second-order valence-electron chi connectivity index (χ2n) is 2.50. The number of nitrogens with one attached hydrogen (secondary N) is 1. The predicted molar refractivity (Wildman–Crippen MR) is 54.1 cm³/mol. The smallest absolute Gasteiger partial charge is 0.475 e. The number of aromatic nitrogens is 2. The zero-order valence-electron chi connectivity index (χ0n) is 11.3. The number of hydrogen-bond acceptors (Lipinski definition) is 4. The Labute approximate surface area is 108 Å². The minimum absolute atomic E-state index is 0.0921. The zero-order valence-corrected chi connectivity index (χ0v) is 9.08. The number of rotatable bonds is 1. The van der Waals surface area contributed by atoms with Gasteiger partial charge in [0.05, 0.1) is 0 Å². The van der Waals surface area contributed by atoms with Crippen LogP contribution in [0, 0.1) is 0 Å². The molecule has 0 unspecified atom stereocenters. The molecule has 0 saturated heterocycles. The fraction of sp³-hybridized carbons (Fsp3) is 0.250. The van der Waals surface area contributed by atoms with Gasteiger partial charge in [-0.2, -0.15) is 13.2 Å². The van der Waals surface area contributed by atoms with Crippen LogP contribution in [0.1, 0.15) is 14.6 Å². The van der Waals surface area contributed by atoms with Gasteiger partial charge in [-0.25, -0.2) is 4.79 Å². The van der Waals surface area contributed by atoms with Gasteiger partial charge in [0.2, 0.25) is 0 Å². The molecule has 0 aliphatic rings. The first-order chi connectivity index (χ1) is 9.33. The minimum atomic E-state index is -5.08. The van der Waals surface area contributed by atoms with Crippen LogP contribution in [0.4, 0.5) is 13.2 Å². The normalized spacial score (nSPS) is 13.2. The Morgan fingerprint density at radius 1 is 1.44 bits per heavy atom. The lowest BCUT2D eigenvalue weighted by atomic mass is 10.4. The van der Waals surface area contributed by atoms with Crippen LogP contribution < -0.4 is 5.32 Å². The number of aliphatic carboxylic acids is 1. The fourth-order valence-corrected chi connectivity index (χ4v) is 0.602. The average Bonchev–Trinajstić information content (AvgIpc) is 2.26. The maximum atomic E-state index is 11.2. The van der Waals surface area contributed by atoms with Gasteiger partial charge < -0.3 is 10.4 Å². The number of hydrogen-bond donors (Lipinski definition) is 2. The van der Waals surface area contributed by atoms with Crippen LogP contribution in [0.3, 0.4) is 0 Å². The third kappa shape index (κ3) is 5.99. The highest BCUT2D eigenvalue weighted by molar-refractivity contribution is 6.29. The highest BCUT2D eigenvalue weighted by atomic mass is 35.5. The molecule has 0 aliphatic heterocycles. The summed E-state index contributed by atoms with van der Waals surface area (Å²) in [5.41, 5.74) is -0.0921. The second kappa shape index (κ2) is 6.74. The first-order valence-electron chi connectivity index (χ1n) is 5.45. The quantitative estimate of drug-likeness (QED) is 0.808. The molecule has 1 aromatic heterocycles. The molecule has 2 N–H and O–H groups in total. The lowest BCUT2D eigenvalue weighted by Crippen LogP contribution is -2.21. The van der Waals surface area contributed by atoms with Gasteiger partial charge in [0.25, 0.3) is 5.91 Å². The molecule has 6 nitrogen and oxygen atoms in total. The molecule has 0 saturated carbocycles. The Kier molecular flexibility index (Phi) is 4.20. The first kappa shape index (κ1) is 11.2. The van der Waals surface area contributed by atoms with Crippen LogP contribution in [0.25, 0.3) is 0 Å². The second-order valence-corrected chi connectivity index (χ2v) is 2.89. The van der Waals surface area contributed by atoms with Gasteiger partial charge in [-0.15, -0.1) is 10.2 Å². The Morgan fingerprint density at radius 3 is 2.33 bits per heavy atom. The number of amides is 1. The predicted octanol–water partition coefficient (Wildman–Crippen LogP) is 1.12. The topological polar surface area (TPSA) is 92.2 Å². The molecule has 1 heterocycles. The largest absolute Gasteiger partial charge is 0.490 e. The van der Waals surface area contributed by atoms with Crippen LogP contribution in [0.15, 0.2) is 12.1 Å². The summed E-state index contributed by atoms with van der Waals surface area (Å²) >= 11 is 5.43. The lowest BCUT2D eigenvalue weighted by molar-refractivity contribution is -0.192. The summed E-state index contributed by atoms with van der Waals surface area (Å²) in [5, 5.41) is 15.8. The third-order valence-corrected chi connectivity index (χ3v) is 1.42. The number of nitrogens with zero attached hydrogens (tertiary/aromatic N) is 2. The number of alkyl halides is 3. The molecule has 0 atom stereocenters. The first-order valence-corrected chi connectivity index (χ1v) is 4.32. The van der Waals surface area contributed by atoms with Crippen LogP contribution in [0.5, 0.6) is 0 Å². The molecular formula is C8H7ClF3N3O3. The Balaban J connectivity index is 0.000000486. The van der Waals surface area contributed by atoms with E-state index in [1.165, 1.54) is 12.1 Å². The van der Waals surface area contributed by atoms with Gasteiger partial charge in [0.15, 0.2) is 10.8 Å². The molecule has 0 aliphatic carbocycles. The molecule has 100 valence electrons. The number of carboxylic acid groups (broad SMARTS) is 1. The van der Waals surface area contributed by atoms with Gasteiger partial charge in [-0.3, -0.25) is 4.79 Å². The molecule has 1 amide bonds. The fourth-order valence-electron chi connectivity index (χ4n) is 0.501. The lowest BCUT2D eigenvalue weighted by Gasteiger charge is -1.95. The van der Waals surface area contributed by atoms with E-state index in [1.54, 1.807) is 5.32 Å². The highest BCUT2D eigenvalue weighted by Crippen LogP contribution is 2.13. The summed E-state index contributed by atoms with van der Waals surface area (Å²) in [6, 6.07) is 2.64. The summed E-state index contributed by atoms with van der Waals surface area (Å²) in [6.45, 7) is -2.53. The van der Waals surface area contributed by atoms with Gasteiger partial charge in [0.1, 0.15) is 0 Å². The molecule has 0 radical (unpaired) electrons. The SMILES string of the molecule is O=C(O)C(F)(F)F.[2H]C([2H])([2H])NC(=O)c1ccc(Cl)nn1. The molecular weight excluding hydrogens is 279 g/mol. The highest BCUT2D eigenvalue weighted by Gasteiger charge is 2.38. The van der Waals surface area contributed by atoms with Gasteiger partial charge in [-0.05, 0) is 12.1 Å². The van der Waals surface area contributed by atoms with E-state index in [2.05, 4.69) is 10.2 Å². The van der Waals surface area contributed by atoms with E-state index in [1.807, 2.05) is 0 Å². The number of halogens is 4. The summed E-state index contributed by atoms with van der Waals surface area (Å²) in [7, 11) is 0. The minimum Gasteiger partial charge on any atom is -0.475 e. The monoisotopic (exact) mass is 288 g/mol. The van der Waals surface area contributed by atoms with Crippen molar-refractivity contribution in [3.05, 3.63) is 23.0 Å². The molecule has 0 spiro atoms. The number of carboxylic acids is 1. The summed E-state index contributed by atoms with van der Waals surface area (Å²) in [4.78, 5) is 20.1. The Morgan fingerprint density at radius 2 is 2.00 bits per heavy atom. The molecule has 0 fully saturated rings. The molecule has 1 rings (SSSR count). The van der Waals surface area contributed by atoms with E-state index in [0.29, 0.717) is 0 Å². The van der Waals surface area contributed by atoms with E-state index >= 15 is 0 Å². The van der Waals surface area contributed by atoms with Gasteiger partial charge in [-0.1, -0.05) is 11.6 Å². The Bertz CT molecular complexity index is 507. The van der Waals surface area contributed by atoms with Crippen molar-refractivity contribution in [2.24, 2.45) is 0 Å².